The van der Waals surface area contributed by atoms with Gasteiger partial charge in [-0.1, -0.05) is 31.5 Å². The number of rotatable bonds is 8. The molecule has 1 fully saturated rings. The maximum Gasteiger partial charge on any atom is 0.118 e. The lowest BCUT2D eigenvalue weighted by Gasteiger charge is -2.41. The highest BCUT2D eigenvalue weighted by atomic mass is 16.5. The fraction of sp³-hybridized carbons (Fsp3) is 0.556. The lowest BCUT2D eigenvalue weighted by atomic mass is 9.82. The quantitative estimate of drug-likeness (QED) is 0.487. The van der Waals surface area contributed by atoms with Crippen LogP contribution in [0.4, 0.5) is 0 Å². The first kappa shape index (κ1) is 24.2. The third kappa shape index (κ3) is 4.81. The van der Waals surface area contributed by atoms with Crippen LogP contribution >= 0.6 is 0 Å². The van der Waals surface area contributed by atoms with Gasteiger partial charge in [-0.2, -0.15) is 0 Å². The van der Waals surface area contributed by atoms with Gasteiger partial charge in [-0.3, -0.25) is 0 Å². The second kappa shape index (κ2) is 10.5. The Morgan fingerprint density at radius 1 is 1.00 bits per heavy atom. The molecule has 6 heteroatoms. The zero-order chi connectivity index (χ0) is 23.5. The highest BCUT2D eigenvalue weighted by Gasteiger charge is 2.45. The Kier molecular flexibility index (Phi) is 7.72. The van der Waals surface area contributed by atoms with E-state index in [0.29, 0.717) is 0 Å². The molecular formula is C27H36O6. The van der Waals surface area contributed by atoms with E-state index in [9.17, 15) is 20.4 Å². The van der Waals surface area contributed by atoms with Crippen LogP contribution < -0.4 is 4.74 Å². The fourth-order valence-electron chi connectivity index (χ4n) is 5.35. The van der Waals surface area contributed by atoms with Gasteiger partial charge in [-0.25, -0.2) is 0 Å². The second-order valence-corrected chi connectivity index (χ2v) is 9.29. The van der Waals surface area contributed by atoms with Crippen molar-refractivity contribution in [3.63, 3.8) is 0 Å². The molecule has 1 aliphatic carbocycles. The Hall–Kier alpha value is -1.96. The number of hydrogen-bond donors (Lipinski definition) is 4. The van der Waals surface area contributed by atoms with E-state index in [-0.39, 0.29) is 0 Å². The molecule has 4 rings (SSSR count). The second-order valence-electron chi connectivity index (χ2n) is 9.29. The van der Waals surface area contributed by atoms with Gasteiger partial charge in [0.15, 0.2) is 0 Å². The van der Waals surface area contributed by atoms with Gasteiger partial charge < -0.3 is 29.9 Å². The molecule has 33 heavy (non-hydrogen) atoms. The van der Waals surface area contributed by atoms with Gasteiger partial charge in [0.2, 0.25) is 0 Å². The maximum atomic E-state index is 10.9. The first-order valence-corrected chi connectivity index (χ1v) is 12.1. The zero-order valence-electron chi connectivity index (χ0n) is 19.5. The number of ether oxygens (including phenoxy) is 2. The van der Waals surface area contributed by atoms with Crippen LogP contribution in [-0.4, -0.2) is 58.6 Å². The van der Waals surface area contributed by atoms with Gasteiger partial charge in [0.1, 0.15) is 36.3 Å². The number of aliphatic hydroxyl groups excluding tert-OH is 4. The van der Waals surface area contributed by atoms with Crippen molar-refractivity contribution in [2.75, 3.05) is 13.7 Å². The Morgan fingerprint density at radius 3 is 2.39 bits per heavy atom. The van der Waals surface area contributed by atoms with Crippen LogP contribution in [0, 0.1) is 0 Å². The van der Waals surface area contributed by atoms with E-state index >= 15 is 0 Å². The van der Waals surface area contributed by atoms with Gasteiger partial charge in [0.25, 0.3) is 0 Å². The van der Waals surface area contributed by atoms with Crippen LogP contribution in [0.25, 0.3) is 0 Å². The number of benzene rings is 2. The van der Waals surface area contributed by atoms with Gasteiger partial charge in [0, 0.05) is 0 Å². The first-order valence-electron chi connectivity index (χ1n) is 12.1. The predicted octanol–water partition coefficient (Wildman–Crippen LogP) is 2.63. The lowest BCUT2D eigenvalue weighted by Crippen LogP contribution is -2.55. The van der Waals surface area contributed by atoms with Crippen molar-refractivity contribution in [1.82, 2.24) is 0 Å². The van der Waals surface area contributed by atoms with Crippen LogP contribution in [0.15, 0.2) is 30.3 Å². The molecule has 0 bridgehead atoms. The van der Waals surface area contributed by atoms with Crippen molar-refractivity contribution < 1.29 is 29.9 Å². The summed E-state index contributed by atoms with van der Waals surface area (Å²) in [6.07, 6.45) is 1.14. The molecule has 6 nitrogen and oxygen atoms in total. The fourth-order valence-corrected chi connectivity index (χ4v) is 5.35. The van der Waals surface area contributed by atoms with Gasteiger partial charge in [-0.15, -0.1) is 0 Å². The monoisotopic (exact) mass is 456 g/mol. The van der Waals surface area contributed by atoms with Crippen molar-refractivity contribution in [1.29, 1.82) is 0 Å². The molecule has 0 aromatic heterocycles. The molecule has 2 aliphatic rings. The molecule has 1 heterocycles. The number of hydrogen-bond acceptors (Lipinski definition) is 6. The van der Waals surface area contributed by atoms with Crippen molar-refractivity contribution in [3.05, 3.63) is 63.7 Å². The van der Waals surface area contributed by atoms with E-state index in [4.69, 9.17) is 9.47 Å². The van der Waals surface area contributed by atoms with Crippen LogP contribution in [0.3, 0.4) is 0 Å². The molecular weight excluding hydrogens is 420 g/mol. The summed E-state index contributed by atoms with van der Waals surface area (Å²) in [6.45, 7) is 1.74. The maximum absolute atomic E-state index is 10.9. The molecule has 1 aliphatic heterocycles. The third-order valence-corrected chi connectivity index (χ3v) is 7.18. The van der Waals surface area contributed by atoms with Gasteiger partial charge >= 0.3 is 0 Å². The Balaban J connectivity index is 1.78. The summed E-state index contributed by atoms with van der Waals surface area (Å²) in [5.74, 6) is 0.820. The summed E-state index contributed by atoms with van der Waals surface area (Å²) < 4.78 is 11.3. The van der Waals surface area contributed by atoms with E-state index in [1.54, 1.807) is 7.11 Å². The van der Waals surface area contributed by atoms with E-state index in [1.807, 2.05) is 12.1 Å². The third-order valence-electron chi connectivity index (χ3n) is 7.18. The van der Waals surface area contributed by atoms with Crippen LogP contribution in [-0.2, 0) is 30.4 Å². The molecule has 2 aromatic carbocycles. The minimum absolute atomic E-state index is 0.421. The van der Waals surface area contributed by atoms with Crippen molar-refractivity contribution in [2.24, 2.45) is 0 Å². The Morgan fingerprint density at radius 2 is 1.73 bits per heavy atom. The van der Waals surface area contributed by atoms with Crippen molar-refractivity contribution in [2.45, 2.75) is 82.4 Å². The molecule has 0 saturated carbocycles. The van der Waals surface area contributed by atoms with Crippen molar-refractivity contribution in [3.8, 4) is 5.75 Å². The lowest BCUT2D eigenvalue weighted by molar-refractivity contribution is -0.231. The predicted molar refractivity (Wildman–Crippen MR) is 126 cm³/mol. The molecule has 1 saturated heterocycles. The number of methoxy groups -OCH3 is 1. The summed E-state index contributed by atoms with van der Waals surface area (Å²) in [7, 11) is 1.66. The Labute approximate surface area is 195 Å². The zero-order valence-corrected chi connectivity index (χ0v) is 19.5. The molecule has 5 atom stereocenters. The van der Waals surface area contributed by atoms with Crippen LogP contribution in [0.5, 0.6) is 5.75 Å². The SMILES string of the molecule is CCCCc1c([C@@H]2O[C@H](CO)[C@@H](O)[C@H](O)[C@H]2O)cc(Cc2ccc(OC)cc2)c2c1CCC2. The first-order chi connectivity index (χ1) is 16.0. The molecule has 180 valence electrons. The van der Waals surface area contributed by atoms with Gasteiger partial charge in [0.05, 0.1) is 13.7 Å². The van der Waals surface area contributed by atoms with Gasteiger partial charge in [-0.05, 0) is 84.0 Å². The minimum Gasteiger partial charge on any atom is -0.497 e. The van der Waals surface area contributed by atoms with E-state index in [1.165, 1.54) is 27.8 Å². The van der Waals surface area contributed by atoms with E-state index < -0.39 is 37.1 Å². The molecule has 0 spiro atoms. The summed E-state index contributed by atoms with van der Waals surface area (Å²) >= 11 is 0. The largest absolute Gasteiger partial charge is 0.497 e. The smallest absolute Gasteiger partial charge is 0.118 e. The van der Waals surface area contributed by atoms with E-state index in [0.717, 1.165) is 56.3 Å². The Bertz CT molecular complexity index is 939. The summed E-state index contributed by atoms with van der Waals surface area (Å²) in [5, 5.41) is 41.3. The summed E-state index contributed by atoms with van der Waals surface area (Å²) in [4.78, 5) is 0. The van der Waals surface area contributed by atoms with E-state index in [2.05, 4.69) is 25.1 Å². The molecule has 0 radical (unpaired) electrons. The highest BCUT2D eigenvalue weighted by Crippen LogP contribution is 2.40. The molecule has 0 amide bonds. The number of unbranched alkanes of at least 4 members (excludes halogenated alkanes) is 1. The number of fused-ring (bicyclic) bond motifs is 1. The van der Waals surface area contributed by atoms with Crippen molar-refractivity contribution >= 4 is 0 Å². The normalized spacial score (nSPS) is 26.9. The highest BCUT2D eigenvalue weighted by molar-refractivity contribution is 5.51. The topological polar surface area (TPSA) is 99.4 Å². The summed E-state index contributed by atoms with van der Waals surface area (Å²) in [5.41, 5.74) is 7.20. The standard InChI is InChI=1S/C27H36O6/c1-3-4-6-21-20-8-5-7-19(20)17(13-16-9-11-18(32-2)12-10-16)14-22(21)27-26(31)25(30)24(29)23(15-28)33-27/h9-12,14,23-31H,3-8,13,15H2,1-2H3/t23-,24-,25+,26-,27+/m1/s1. The average molecular weight is 457 g/mol. The molecule has 4 N–H and O–H groups in total. The average Bonchev–Trinajstić information content (AvgIpc) is 3.33. The van der Waals surface area contributed by atoms with Crippen LogP contribution in [0.1, 0.15) is 65.7 Å². The number of aliphatic hydroxyl groups is 4. The molecule has 0 unspecified atom stereocenters. The van der Waals surface area contributed by atoms with Crippen LogP contribution in [0.2, 0.25) is 0 Å². The summed E-state index contributed by atoms with van der Waals surface area (Å²) in [6, 6.07) is 10.2. The molecule has 2 aromatic rings. The minimum atomic E-state index is -1.38.